The van der Waals surface area contributed by atoms with Crippen LogP contribution in [0.2, 0.25) is 0 Å². The summed E-state index contributed by atoms with van der Waals surface area (Å²) >= 11 is 0. The van der Waals surface area contributed by atoms with Gasteiger partial charge in [-0.25, -0.2) is 9.59 Å². The Morgan fingerprint density at radius 2 is 1.18 bits per heavy atom. The first-order chi connectivity index (χ1) is 21.1. The summed E-state index contributed by atoms with van der Waals surface area (Å²) in [5.74, 6) is -1.56. The highest BCUT2D eigenvalue weighted by Gasteiger charge is 2.16. The van der Waals surface area contributed by atoms with Crippen LogP contribution in [0.4, 0.5) is 0 Å². The molecule has 4 rings (SSSR count). The Kier molecular flexibility index (Phi) is 11.7. The number of hydrogen-bond acceptors (Lipinski definition) is 9. The molecule has 0 radical (unpaired) electrons. The second kappa shape index (κ2) is 15.9. The zero-order chi connectivity index (χ0) is 32.1. The first-order valence-electron chi connectivity index (χ1n) is 13.3. The number of esters is 2. The molecule has 0 aliphatic heterocycles. The normalized spacial score (nSPS) is 9.93. The van der Waals surface area contributed by atoms with E-state index in [-0.39, 0.29) is 58.7 Å². The molecule has 4 aromatic carbocycles. The highest BCUT2D eigenvalue weighted by atomic mass is 16.6. The molecule has 0 saturated carbocycles. The third-order valence-corrected chi connectivity index (χ3v) is 5.82. The zero-order valence-electron chi connectivity index (χ0n) is 23.9. The van der Waals surface area contributed by atoms with Gasteiger partial charge < -0.3 is 24.4 Å². The summed E-state index contributed by atoms with van der Waals surface area (Å²) in [5.41, 5.74) is 1.56. The molecule has 44 heavy (non-hydrogen) atoms. The number of ketones is 2. The fourth-order valence-corrected chi connectivity index (χ4v) is 3.61. The van der Waals surface area contributed by atoms with Crippen LogP contribution in [0.25, 0.3) is 0 Å². The Labute approximate surface area is 254 Å². The van der Waals surface area contributed by atoms with E-state index in [1.54, 1.807) is 60.7 Å². The van der Waals surface area contributed by atoms with E-state index in [2.05, 4.69) is 13.2 Å². The summed E-state index contributed by atoms with van der Waals surface area (Å²) in [7, 11) is 0. The molecule has 0 saturated heterocycles. The maximum absolute atomic E-state index is 12.3. The summed E-state index contributed by atoms with van der Waals surface area (Å²) in [6, 6.07) is 25.8. The minimum atomic E-state index is -0.587. The standard InChI is InChI=1S/C18H16O5.C17H14O4/c1-2-17(20)23-11-10-22-14-8-9-15(16(19)12-14)18(21)13-6-4-3-5-7-13;1-11(2)17(20)21-13-8-9-14(15(18)10-13)16(19)12-6-4-3-5-7-12/h2-9,12,19H,1,10-11H2;3-10,18H,1H2,2H3. The average Bonchev–Trinajstić information content (AvgIpc) is 3.03. The van der Waals surface area contributed by atoms with Crippen LogP contribution in [0.1, 0.15) is 38.8 Å². The van der Waals surface area contributed by atoms with Crippen molar-refractivity contribution in [2.24, 2.45) is 0 Å². The van der Waals surface area contributed by atoms with Crippen molar-refractivity contribution in [2.45, 2.75) is 6.92 Å². The molecule has 224 valence electrons. The van der Waals surface area contributed by atoms with Crippen LogP contribution in [-0.4, -0.2) is 46.9 Å². The maximum Gasteiger partial charge on any atom is 0.338 e. The van der Waals surface area contributed by atoms with E-state index in [1.165, 1.54) is 37.3 Å². The van der Waals surface area contributed by atoms with Gasteiger partial charge in [0.2, 0.25) is 0 Å². The van der Waals surface area contributed by atoms with Gasteiger partial charge in [0.1, 0.15) is 36.2 Å². The maximum atomic E-state index is 12.3. The molecule has 0 aliphatic carbocycles. The van der Waals surface area contributed by atoms with E-state index in [0.717, 1.165) is 6.08 Å². The van der Waals surface area contributed by atoms with E-state index >= 15 is 0 Å². The lowest BCUT2D eigenvalue weighted by atomic mass is 10.0. The van der Waals surface area contributed by atoms with Gasteiger partial charge in [0, 0.05) is 34.9 Å². The van der Waals surface area contributed by atoms with Crippen LogP contribution >= 0.6 is 0 Å². The molecule has 9 heteroatoms. The fourth-order valence-electron chi connectivity index (χ4n) is 3.61. The van der Waals surface area contributed by atoms with E-state index in [9.17, 15) is 29.4 Å². The van der Waals surface area contributed by atoms with Gasteiger partial charge in [-0.3, -0.25) is 9.59 Å². The van der Waals surface area contributed by atoms with Gasteiger partial charge in [-0.05, 0) is 31.2 Å². The summed E-state index contributed by atoms with van der Waals surface area (Å²) in [6.07, 6.45) is 1.07. The Balaban J connectivity index is 0.000000241. The smallest absolute Gasteiger partial charge is 0.338 e. The minimum Gasteiger partial charge on any atom is -0.507 e. The number of phenols is 2. The van der Waals surface area contributed by atoms with Gasteiger partial charge in [0.05, 0.1) is 11.1 Å². The van der Waals surface area contributed by atoms with Gasteiger partial charge in [0.25, 0.3) is 0 Å². The molecule has 0 aromatic heterocycles. The second-order valence-corrected chi connectivity index (χ2v) is 9.14. The third-order valence-electron chi connectivity index (χ3n) is 5.82. The molecule has 2 N–H and O–H groups in total. The van der Waals surface area contributed by atoms with E-state index in [4.69, 9.17) is 14.2 Å². The number of phenolic OH excluding ortho intramolecular Hbond substituents is 2. The zero-order valence-corrected chi connectivity index (χ0v) is 23.9. The van der Waals surface area contributed by atoms with Gasteiger partial charge in [-0.1, -0.05) is 73.8 Å². The lowest BCUT2D eigenvalue weighted by Crippen LogP contribution is -2.10. The van der Waals surface area contributed by atoms with Crippen molar-refractivity contribution in [1.82, 2.24) is 0 Å². The second-order valence-electron chi connectivity index (χ2n) is 9.14. The van der Waals surface area contributed by atoms with Gasteiger partial charge >= 0.3 is 11.9 Å². The van der Waals surface area contributed by atoms with Crippen molar-refractivity contribution >= 4 is 23.5 Å². The Hall–Kier alpha value is -5.96. The monoisotopic (exact) mass is 594 g/mol. The number of ether oxygens (including phenoxy) is 3. The van der Waals surface area contributed by atoms with Crippen molar-refractivity contribution in [3.8, 4) is 23.0 Å². The lowest BCUT2D eigenvalue weighted by molar-refractivity contribution is -0.138. The van der Waals surface area contributed by atoms with E-state index in [0.29, 0.717) is 16.9 Å². The quantitative estimate of drug-likeness (QED) is 0.0722. The predicted octanol–water partition coefficient (Wildman–Crippen LogP) is 5.84. The van der Waals surface area contributed by atoms with Crippen molar-refractivity contribution in [1.29, 1.82) is 0 Å². The highest BCUT2D eigenvalue weighted by molar-refractivity contribution is 6.11. The van der Waals surface area contributed by atoms with Crippen LogP contribution in [0, 0.1) is 0 Å². The Morgan fingerprint density at radius 1 is 0.705 bits per heavy atom. The van der Waals surface area contributed by atoms with Gasteiger partial charge in [-0.15, -0.1) is 0 Å². The van der Waals surface area contributed by atoms with Gasteiger partial charge in [-0.2, -0.15) is 0 Å². The summed E-state index contributed by atoms with van der Waals surface area (Å²) in [4.78, 5) is 46.8. The molecular formula is C35H30O9. The Bertz CT molecular complexity index is 1660. The topological polar surface area (TPSA) is 136 Å². The molecule has 0 bridgehead atoms. The average molecular weight is 595 g/mol. The number of carbonyl (C=O) groups is 4. The van der Waals surface area contributed by atoms with Crippen LogP contribution in [-0.2, 0) is 14.3 Å². The van der Waals surface area contributed by atoms with Crippen molar-refractivity contribution in [3.05, 3.63) is 144 Å². The fraction of sp³-hybridized carbons (Fsp3) is 0.0857. The van der Waals surface area contributed by atoms with Crippen LogP contribution in [0.15, 0.2) is 122 Å². The number of aromatic hydroxyl groups is 2. The Morgan fingerprint density at radius 3 is 1.64 bits per heavy atom. The number of hydrogen-bond donors (Lipinski definition) is 2. The minimum absolute atomic E-state index is 0.0658. The lowest BCUT2D eigenvalue weighted by Gasteiger charge is -2.09. The number of benzene rings is 4. The van der Waals surface area contributed by atoms with Crippen molar-refractivity contribution in [2.75, 3.05) is 13.2 Å². The molecule has 0 aliphatic rings. The number of rotatable bonds is 11. The predicted molar refractivity (Wildman–Crippen MR) is 163 cm³/mol. The first-order valence-corrected chi connectivity index (χ1v) is 13.3. The summed E-state index contributed by atoms with van der Waals surface area (Å²) in [6.45, 7) is 8.47. The van der Waals surface area contributed by atoms with Crippen LogP contribution in [0.3, 0.4) is 0 Å². The molecule has 4 aromatic rings. The molecule has 0 heterocycles. The molecule has 0 amide bonds. The van der Waals surface area contributed by atoms with E-state index in [1.807, 2.05) is 6.07 Å². The van der Waals surface area contributed by atoms with Crippen molar-refractivity contribution in [3.63, 3.8) is 0 Å². The summed E-state index contributed by atoms with van der Waals surface area (Å²) in [5, 5.41) is 19.9. The van der Waals surface area contributed by atoms with Gasteiger partial charge in [0.15, 0.2) is 11.6 Å². The number of carbonyl (C=O) groups excluding carboxylic acids is 4. The van der Waals surface area contributed by atoms with E-state index < -0.39 is 11.9 Å². The molecule has 9 nitrogen and oxygen atoms in total. The van der Waals surface area contributed by atoms with Crippen LogP contribution in [0.5, 0.6) is 23.0 Å². The van der Waals surface area contributed by atoms with Crippen molar-refractivity contribution < 1.29 is 43.6 Å². The molecule has 0 atom stereocenters. The summed E-state index contributed by atoms with van der Waals surface area (Å²) < 4.78 is 15.1. The SMILES string of the molecule is C=C(C)C(=O)Oc1ccc(C(=O)c2ccccc2)c(O)c1.C=CC(=O)OCCOc1ccc(C(=O)c2ccccc2)c(O)c1. The largest absolute Gasteiger partial charge is 0.507 e. The molecule has 0 unspecified atom stereocenters. The molecule has 0 fully saturated rings. The highest BCUT2D eigenvalue weighted by Crippen LogP contribution is 2.27. The molecule has 0 spiro atoms. The third kappa shape index (κ3) is 9.28. The molecular weight excluding hydrogens is 564 g/mol. The van der Waals surface area contributed by atoms with Crippen LogP contribution < -0.4 is 9.47 Å². The first kappa shape index (κ1) is 32.6.